The Morgan fingerprint density at radius 3 is 2.75 bits per heavy atom. The minimum Gasteiger partial charge on any atom is -0.330 e. The zero-order valence-corrected chi connectivity index (χ0v) is 11.3. The monoisotopic (exact) mass is 286 g/mol. The number of nitrogens with zero attached hydrogens (tertiary/aromatic N) is 1. The van der Waals surface area contributed by atoms with Gasteiger partial charge in [0.1, 0.15) is 6.54 Å². The first-order valence-corrected chi connectivity index (χ1v) is 6.59. The van der Waals surface area contributed by atoms with E-state index in [-0.39, 0.29) is 6.54 Å². The first-order valence-electron chi connectivity index (χ1n) is 6.59. The molecule has 20 heavy (non-hydrogen) atoms. The third-order valence-corrected chi connectivity index (χ3v) is 3.38. The second-order valence-corrected chi connectivity index (χ2v) is 4.84. The Hall–Kier alpha value is -1.56. The van der Waals surface area contributed by atoms with Gasteiger partial charge in [0.25, 0.3) is 5.91 Å². The first-order chi connectivity index (χ1) is 9.40. The van der Waals surface area contributed by atoms with Gasteiger partial charge in [0.15, 0.2) is 0 Å². The van der Waals surface area contributed by atoms with Crippen LogP contribution < -0.4 is 5.32 Å². The van der Waals surface area contributed by atoms with E-state index in [0.717, 1.165) is 29.0 Å². The summed E-state index contributed by atoms with van der Waals surface area (Å²) < 4.78 is 37.3. The van der Waals surface area contributed by atoms with Crippen LogP contribution in [0.5, 0.6) is 0 Å². The topological polar surface area (TPSA) is 32.3 Å². The number of carbonyl (C=O) groups excluding carboxylic acids is 1. The zero-order valence-electron chi connectivity index (χ0n) is 11.3. The van der Waals surface area contributed by atoms with Crippen LogP contribution in [0, 0.1) is 0 Å². The number of alkyl halides is 3. The molecule has 0 aliphatic carbocycles. The molecule has 1 N–H and O–H groups in total. The molecular weight excluding hydrogens is 269 g/mol. The van der Waals surface area contributed by atoms with Crippen LogP contribution in [-0.2, 0) is 13.0 Å². The molecule has 1 aromatic carbocycles. The molecule has 0 atom stereocenters. The molecule has 0 radical (unpaired) electrons. The summed E-state index contributed by atoms with van der Waals surface area (Å²) in [6, 6.07) is 5.15. The molecule has 0 saturated heterocycles. The van der Waals surface area contributed by atoms with E-state index in [4.69, 9.17) is 0 Å². The van der Waals surface area contributed by atoms with E-state index in [9.17, 15) is 18.0 Å². The fraction of sp³-hybridized carbons (Fsp3) is 0.500. The van der Waals surface area contributed by atoms with Gasteiger partial charge < -0.3 is 10.2 Å². The van der Waals surface area contributed by atoms with Crippen molar-refractivity contribution in [2.75, 3.05) is 19.6 Å². The Morgan fingerprint density at radius 2 is 2.10 bits per heavy atom. The molecule has 6 heteroatoms. The molecule has 0 bridgehead atoms. The maximum absolute atomic E-state index is 12.4. The van der Waals surface area contributed by atoms with E-state index in [1.54, 1.807) is 19.1 Å². The quantitative estimate of drug-likeness (QED) is 0.925. The summed E-state index contributed by atoms with van der Waals surface area (Å²) in [4.78, 5) is 13.0. The maximum Gasteiger partial charge on any atom is 0.406 e. The highest BCUT2D eigenvalue weighted by atomic mass is 19.4. The number of fused-ring (bicyclic) bond motifs is 1. The molecule has 1 amide bonds. The van der Waals surface area contributed by atoms with Crippen LogP contribution in [0.25, 0.3) is 0 Å². The summed E-state index contributed by atoms with van der Waals surface area (Å²) in [5.74, 6) is -0.571. The van der Waals surface area contributed by atoms with E-state index >= 15 is 0 Å². The summed E-state index contributed by atoms with van der Waals surface area (Å²) in [6.45, 7) is 1.91. The van der Waals surface area contributed by atoms with Gasteiger partial charge in [0.2, 0.25) is 0 Å². The number of nitrogens with one attached hydrogen (secondary N) is 1. The molecule has 1 aliphatic rings. The van der Waals surface area contributed by atoms with Crippen LogP contribution in [0.4, 0.5) is 13.2 Å². The molecular formula is C14H17F3N2O. The van der Waals surface area contributed by atoms with Gasteiger partial charge in [-0.3, -0.25) is 4.79 Å². The highest BCUT2D eigenvalue weighted by Crippen LogP contribution is 2.20. The third kappa shape index (κ3) is 3.50. The van der Waals surface area contributed by atoms with E-state index in [1.807, 2.05) is 6.07 Å². The lowest BCUT2D eigenvalue weighted by atomic mass is 9.98. The summed E-state index contributed by atoms with van der Waals surface area (Å²) >= 11 is 0. The summed E-state index contributed by atoms with van der Waals surface area (Å²) in [5.41, 5.74) is 2.46. The molecule has 1 heterocycles. The predicted octanol–water partition coefficient (Wildman–Crippen LogP) is 2.36. The molecule has 110 valence electrons. The molecule has 2 rings (SSSR count). The van der Waals surface area contributed by atoms with Gasteiger partial charge in [-0.05, 0) is 43.1 Å². The van der Waals surface area contributed by atoms with E-state index in [1.165, 1.54) is 0 Å². The van der Waals surface area contributed by atoms with Crippen LogP contribution in [0.3, 0.4) is 0 Å². The Balaban J connectivity index is 2.19. The van der Waals surface area contributed by atoms with Crippen molar-refractivity contribution in [3.05, 3.63) is 34.9 Å². The fourth-order valence-corrected chi connectivity index (χ4v) is 2.34. The van der Waals surface area contributed by atoms with Gasteiger partial charge in [-0.15, -0.1) is 0 Å². The number of halogens is 3. The highest BCUT2D eigenvalue weighted by Gasteiger charge is 2.32. The van der Waals surface area contributed by atoms with Crippen LogP contribution in [0.2, 0.25) is 0 Å². The minimum atomic E-state index is -4.37. The van der Waals surface area contributed by atoms with Crippen molar-refractivity contribution in [1.82, 2.24) is 10.2 Å². The van der Waals surface area contributed by atoms with Crippen molar-refractivity contribution in [2.24, 2.45) is 0 Å². The number of benzene rings is 1. The van der Waals surface area contributed by atoms with Crippen LogP contribution in [0.1, 0.15) is 28.4 Å². The average Bonchev–Trinajstić information content (AvgIpc) is 2.42. The molecule has 0 saturated carbocycles. The van der Waals surface area contributed by atoms with E-state index < -0.39 is 18.6 Å². The van der Waals surface area contributed by atoms with Crippen molar-refractivity contribution < 1.29 is 18.0 Å². The van der Waals surface area contributed by atoms with Gasteiger partial charge >= 0.3 is 6.18 Å². The lowest BCUT2D eigenvalue weighted by Gasteiger charge is -2.23. The lowest BCUT2D eigenvalue weighted by Crippen LogP contribution is -2.39. The van der Waals surface area contributed by atoms with Gasteiger partial charge in [-0.25, -0.2) is 0 Å². The summed E-state index contributed by atoms with van der Waals surface area (Å²) in [5, 5.41) is 3.18. The van der Waals surface area contributed by atoms with E-state index in [0.29, 0.717) is 12.1 Å². The Labute approximate surface area is 115 Å². The summed E-state index contributed by atoms with van der Waals surface area (Å²) in [6.07, 6.45) is -3.49. The van der Waals surface area contributed by atoms with Gasteiger partial charge in [-0.2, -0.15) is 13.2 Å². The SMILES string of the molecule is CCN(CC(F)(F)F)C(=O)c1ccc2c(c1)CNCC2. The smallest absolute Gasteiger partial charge is 0.330 e. The molecule has 3 nitrogen and oxygen atoms in total. The van der Waals surface area contributed by atoms with Crippen LogP contribution in [-0.4, -0.2) is 36.6 Å². The van der Waals surface area contributed by atoms with Gasteiger partial charge in [0.05, 0.1) is 0 Å². The highest BCUT2D eigenvalue weighted by molar-refractivity contribution is 5.94. The normalized spacial score (nSPS) is 14.8. The fourth-order valence-electron chi connectivity index (χ4n) is 2.34. The van der Waals surface area contributed by atoms with Crippen molar-refractivity contribution in [3.8, 4) is 0 Å². The third-order valence-electron chi connectivity index (χ3n) is 3.38. The first kappa shape index (κ1) is 14.8. The van der Waals surface area contributed by atoms with Gasteiger partial charge in [-0.1, -0.05) is 6.07 Å². The maximum atomic E-state index is 12.4. The Morgan fingerprint density at radius 1 is 1.35 bits per heavy atom. The molecule has 1 aliphatic heterocycles. The number of hydrogen-bond acceptors (Lipinski definition) is 2. The number of hydrogen-bond donors (Lipinski definition) is 1. The molecule has 1 aromatic rings. The molecule has 0 unspecified atom stereocenters. The number of rotatable bonds is 3. The Kier molecular flexibility index (Phi) is 4.32. The largest absolute Gasteiger partial charge is 0.406 e. The number of carbonyl (C=O) groups is 1. The van der Waals surface area contributed by atoms with Gasteiger partial charge in [0, 0.05) is 18.7 Å². The minimum absolute atomic E-state index is 0.0354. The van der Waals surface area contributed by atoms with Crippen LogP contribution >= 0.6 is 0 Å². The van der Waals surface area contributed by atoms with Crippen molar-refractivity contribution >= 4 is 5.91 Å². The van der Waals surface area contributed by atoms with E-state index in [2.05, 4.69) is 5.32 Å². The second kappa shape index (κ2) is 5.83. The average molecular weight is 286 g/mol. The molecule has 0 aromatic heterocycles. The zero-order chi connectivity index (χ0) is 14.8. The Bertz CT molecular complexity index is 500. The van der Waals surface area contributed by atoms with Crippen LogP contribution in [0.15, 0.2) is 18.2 Å². The predicted molar refractivity (Wildman–Crippen MR) is 69.5 cm³/mol. The molecule has 0 spiro atoms. The van der Waals surface area contributed by atoms with Crippen molar-refractivity contribution in [3.63, 3.8) is 0 Å². The number of amides is 1. The summed E-state index contributed by atoms with van der Waals surface area (Å²) in [7, 11) is 0. The second-order valence-electron chi connectivity index (χ2n) is 4.84. The lowest BCUT2D eigenvalue weighted by molar-refractivity contribution is -0.140. The standard InChI is InChI=1S/C14H17F3N2O/c1-2-19(9-14(15,16)17)13(20)11-4-3-10-5-6-18-8-12(10)7-11/h3-4,7,18H,2,5-6,8-9H2,1H3. The van der Waals surface area contributed by atoms with Crippen molar-refractivity contribution in [1.29, 1.82) is 0 Å². The van der Waals surface area contributed by atoms with Crippen molar-refractivity contribution in [2.45, 2.75) is 26.1 Å². The molecule has 0 fully saturated rings.